The molecule has 0 aliphatic rings. The van der Waals surface area contributed by atoms with Gasteiger partial charge in [-0.3, -0.25) is 0 Å². The fraction of sp³-hybridized carbons (Fsp3) is 0.824. The first kappa shape index (κ1) is 23.0. The molecule has 0 spiro atoms. The average molecular weight is 348 g/mol. The van der Waals surface area contributed by atoms with Crippen LogP contribution in [0.25, 0.3) is 0 Å². The smallest absolute Gasteiger partial charge is 0.330 e. The number of carboxylic acids is 1. The topological polar surface area (TPSA) is 94.5 Å². The molecule has 24 heavy (non-hydrogen) atoms. The lowest BCUT2D eigenvalue weighted by molar-refractivity contribution is -0.132. The van der Waals surface area contributed by atoms with Gasteiger partial charge in [-0.15, -0.1) is 0 Å². The van der Waals surface area contributed by atoms with Gasteiger partial charge in [-0.25, -0.2) is 4.79 Å². The van der Waals surface area contributed by atoms with E-state index in [1.165, 1.54) is 0 Å². The van der Waals surface area contributed by atoms with E-state index >= 15 is 0 Å². The van der Waals surface area contributed by atoms with Crippen LogP contribution in [0.5, 0.6) is 0 Å². The van der Waals surface area contributed by atoms with Gasteiger partial charge in [0, 0.05) is 12.0 Å². The summed E-state index contributed by atoms with van der Waals surface area (Å²) in [6.07, 6.45) is 2.10. The van der Waals surface area contributed by atoms with Crippen LogP contribution in [0.2, 0.25) is 0 Å². The Morgan fingerprint density at radius 1 is 0.958 bits per heavy atom. The van der Waals surface area contributed by atoms with Crippen LogP contribution in [-0.4, -0.2) is 68.7 Å². The molecule has 0 rings (SSSR count). The van der Waals surface area contributed by atoms with E-state index in [2.05, 4.69) is 0 Å². The summed E-state index contributed by atoms with van der Waals surface area (Å²) in [6.45, 7) is 8.72. The lowest BCUT2D eigenvalue weighted by Gasteiger charge is -2.14. The van der Waals surface area contributed by atoms with Gasteiger partial charge < -0.3 is 29.2 Å². The highest BCUT2D eigenvalue weighted by molar-refractivity contribution is 5.85. The summed E-state index contributed by atoms with van der Waals surface area (Å²) in [5.41, 5.74) is 0.327. The Morgan fingerprint density at radius 3 is 1.96 bits per heavy atom. The first-order valence-corrected chi connectivity index (χ1v) is 8.36. The van der Waals surface area contributed by atoms with E-state index in [0.29, 0.717) is 70.6 Å². The number of carboxylic acid groups (broad SMARTS) is 1. The fourth-order valence-corrected chi connectivity index (χ4v) is 1.70. The van der Waals surface area contributed by atoms with Crippen molar-refractivity contribution in [3.63, 3.8) is 0 Å². The molecule has 0 heterocycles. The van der Waals surface area contributed by atoms with Crippen LogP contribution in [-0.2, 0) is 23.7 Å². The second kappa shape index (κ2) is 15.5. The second-order valence-electron chi connectivity index (χ2n) is 5.77. The number of aliphatic hydroxyl groups excluding tert-OH is 1. The molecular weight excluding hydrogens is 316 g/mol. The minimum atomic E-state index is -0.904. The summed E-state index contributed by atoms with van der Waals surface area (Å²) in [5, 5.41) is 18.1. The van der Waals surface area contributed by atoms with E-state index in [1.54, 1.807) is 13.0 Å². The van der Waals surface area contributed by atoms with Gasteiger partial charge in [0.1, 0.15) is 0 Å². The monoisotopic (exact) mass is 348 g/mol. The Hall–Kier alpha value is -0.990. The summed E-state index contributed by atoms with van der Waals surface area (Å²) >= 11 is 0. The molecule has 1 unspecified atom stereocenters. The minimum Gasteiger partial charge on any atom is -0.478 e. The second-order valence-corrected chi connectivity index (χ2v) is 5.77. The number of rotatable bonds is 16. The van der Waals surface area contributed by atoms with Gasteiger partial charge in [0.2, 0.25) is 0 Å². The van der Waals surface area contributed by atoms with E-state index in [0.717, 1.165) is 0 Å². The van der Waals surface area contributed by atoms with Crippen LogP contribution in [0.4, 0.5) is 0 Å². The van der Waals surface area contributed by atoms with E-state index in [1.807, 2.05) is 13.8 Å². The molecule has 0 saturated heterocycles. The molecule has 2 N–H and O–H groups in total. The van der Waals surface area contributed by atoms with E-state index in [4.69, 9.17) is 24.1 Å². The number of ether oxygens (including phenoxy) is 4. The molecule has 0 aromatic carbocycles. The third-order valence-corrected chi connectivity index (χ3v) is 3.01. The van der Waals surface area contributed by atoms with Crippen LogP contribution in [0.15, 0.2) is 11.6 Å². The van der Waals surface area contributed by atoms with Gasteiger partial charge in [0.05, 0.1) is 46.2 Å². The zero-order valence-electron chi connectivity index (χ0n) is 15.0. The Morgan fingerprint density at radius 2 is 1.46 bits per heavy atom. The molecular formula is C17H32O7. The SMILES string of the molecule is CC(=CCCOCCOCCOCCOC(O)CC(C)C)C(=O)O. The van der Waals surface area contributed by atoms with Crippen LogP contribution in [0.3, 0.4) is 0 Å². The van der Waals surface area contributed by atoms with Crippen LogP contribution < -0.4 is 0 Å². The van der Waals surface area contributed by atoms with Crippen molar-refractivity contribution in [2.75, 3.05) is 46.2 Å². The Labute approximate surface area is 144 Å². The van der Waals surface area contributed by atoms with Crippen LogP contribution in [0, 0.1) is 5.92 Å². The third-order valence-electron chi connectivity index (χ3n) is 3.01. The molecule has 0 aromatic heterocycles. The molecule has 1 atom stereocenters. The summed E-state index contributed by atoms with van der Waals surface area (Å²) in [6, 6.07) is 0. The van der Waals surface area contributed by atoms with Gasteiger partial charge in [0.25, 0.3) is 0 Å². The predicted molar refractivity (Wildman–Crippen MR) is 89.9 cm³/mol. The molecule has 0 aliphatic carbocycles. The van der Waals surface area contributed by atoms with Crippen molar-refractivity contribution in [2.24, 2.45) is 5.92 Å². The van der Waals surface area contributed by atoms with Gasteiger partial charge in [-0.2, -0.15) is 0 Å². The van der Waals surface area contributed by atoms with Crippen molar-refractivity contribution >= 4 is 5.97 Å². The molecule has 142 valence electrons. The largest absolute Gasteiger partial charge is 0.478 e. The summed E-state index contributed by atoms with van der Waals surface area (Å²) in [7, 11) is 0. The normalized spacial score (nSPS) is 13.5. The average Bonchev–Trinajstić information content (AvgIpc) is 2.50. The first-order valence-electron chi connectivity index (χ1n) is 8.36. The summed E-state index contributed by atoms with van der Waals surface area (Å²) in [4.78, 5) is 10.5. The summed E-state index contributed by atoms with van der Waals surface area (Å²) < 4.78 is 21.2. The Balaban J connectivity index is 3.23. The number of hydrogen-bond donors (Lipinski definition) is 2. The highest BCUT2D eigenvalue weighted by Gasteiger charge is 2.06. The number of carbonyl (C=O) groups is 1. The van der Waals surface area contributed by atoms with Gasteiger partial charge >= 0.3 is 5.97 Å². The van der Waals surface area contributed by atoms with Gasteiger partial charge in [-0.05, 0) is 19.3 Å². The molecule has 0 aromatic rings. The lowest BCUT2D eigenvalue weighted by atomic mass is 10.1. The molecule has 0 saturated carbocycles. The molecule has 7 nitrogen and oxygen atoms in total. The van der Waals surface area contributed by atoms with Crippen molar-refractivity contribution in [3.8, 4) is 0 Å². The standard InChI is InChI=1S/C17H32O7/c1-14(2)13-16(18)24-12-11-23-10-9-22-8-7-21-6-4-5-15(3)17(19)20/h5,14,16,18H,4,6-13H2,1-3H3,(H,19,20). The third kappa shape index (κ3) is 15.9. The fourth-order valence-electron chi connectivity index (χ4n) is 1.70. The Bertz CT molecular complexity index is 342. The highest BCUT2D eigenvalue weighted by atomic mass is 16.6. The molecule has 0 radical (unpaired) electrons. The number of aliphatic hydroxyl groups is 1. The van der Waals surface area contributed by atoms with Crippen LogP contribution in [0.1, 0.15) is 33.6 Å². The zero-order chi connectivity index (χ0) is 18.2. The lowest BCUT2D eigenvalue weighted by Crippen LogP contribution is -2.18. The molecule has 0 bridgehead atoms. The quantitative estimate of drug-likeness (QED) is 0.250. The first-order chi connectivity index (χ1) is 11.4. The zero-order valence-corrected chi connectivity index (χ0v) is 15.0. The van der Waals surface area contributed by atoms with Crippen molar-refractivity contribution in [2.45, 2.75) is 39.9 Å². The van der Waals surface area contributed by atoms with Crippen molar-refractivity contribution in [3.05, 3.63) is 11.6 Å². The van der Waals surface area contributed by atoms with Crippen molar-refractivity contribution in [1.82, 2.24) is 0 Å². The Kier molecular flexibility index (Phi) is 14.9. The highest BCUT2D eigenvalue weighted by Crippen LogP contribution is 2.05. The molecule has 0 fully saturated rings. The van der Waals surface area contributed by atoms with E-state index < -0.39 is 12.3 Å². The molecule has 0 amide bonds. The minimum absolute atomic E-state index is 0.327. The van der Waals surface area contributed by atoms with Crippen molar-refractivity contribution in [1.29, 1.82) is 0 Å². The maximum Gasteiger partial charge on any atom is 0.330 e. The maximum atomic E-state index is 10.5. The van der Waals surface area contributed by atoms with E-state index in [-0.39, 0.29) is 0 Å². The van der Waals surface area contributed by atoms with Crippen molar-refractivity contribution < 1.29 is 34.0 Å². The van der Waals surface area contributed by atoms with Crippen LogP contribution >= 0.6 is 0 Å². The maximum absolute atomic E-state index is 10.5. The predicted octanol–water partition coefficient (Wildman–Crippen LogP) is 1.84. The van der Waals surface area contributed by atoms with Gasteiger partial charge in [-0.1, -0.05) is 19.9 Å². The van der Waals surface area contributed by atoms with Gasteiger partial charge in [0.15, 0.2) is 6.29 Å². The molecule has 7 heteroatoms. The number of aliphatic carboxylic acids is 1. The van der Waals surface area contributed by atoms with E-state index in [9.17, 15) is 9.90 Å². The summed E-state index contributed by atoms with van der Waals surface area (Å²) in [5.74, 6) is -0.507. The number of hydrogen-bond acceptors (Lipinski definition) is 6. The molecule has 0 aliphatic heterocycles.